The Hall–Kier alpha value is -3.04. The van der Waals surface area contributed by atoms with Gasteiger partial charge in [0.15, 0.2) is 4.32 Å². The molecular weight excluding hydrogens is 525 g/mol. The van der Waals surface area contributed by atoms with Gasteiger partial charge < -0.3 is 4.42 Å². The fourth-order valence-corrected chi connectivity index (χ4v) is 5.50. The largest absolute Gasteiger partial charge is 0.457 e. The number of halogens is 2. The molecule has 35 heavy (non-hydrogen) atoms. The SMILES string of the molecule is Cc1c(N2C(=O)C(=Cc3ccc(-c4cc(Cl)ccc4Cl)o3)SC2=S)c(=O)n(-c2ccccc2)n1C. The van der Waals surface area contributed by atoms with Crippen LogP contribution in [0.2, 0.25) is 10.0 Å². The normalized spacial score (nSPS) is 15.0. The van der Waals surface area contributed by atoms with Crippen LogP contribution in [0.1, 0.15) is 11.5 Å². The maximum Gasteiger partial charge on any atom is 0.296 e. The van der Waals surface area contributed by atoms with E-state index in [4.69, 9.17) is 39.8 Å². The van der Waals surface area contributed by atoms with Crippen LogP contribution in [0, 0.1) is 6.92 Å². The number of benzene rings is 2. The van der Waals surface area contributed by atoms with E-state index in [-0.39, 0.29) is 21.5 Å². The molecule has 1 fully saturated rings. The van der Waals surface area contributed by atoms with Crippen LogP contribution in [0.15, 0.2) is 74.8 Å². The highest BCUT2D eigenvalue weighted by molar-refractivity contribution is 8.27. The molecule has 1 aliphatic heterocycles. The van der Waals surface area contributed by atoms with Crippen LogP contribution < -0.4 is 10.5 Å². The first-order chi connectivity index (χ1) is 16.8. The van der Waals surface area contributed by atoms with Crippen molar-refractivity contribution < 1.29 is 9.21 Å². The summed E-state index contributed by atoms with van der Waals surface area (Å²) < 4.78 is 9.40. The molecule has 10 heteroatoms. The van der Waals surface area contributed by atoms with Crippen molar-refractivity contribution in [2.45, 2.75) is 6.92 Å². The first kappa shape index (κ1) is 23.7. The summed E-state index contributed by atoms with van der Waals surface area (Å²) in [5, 5.41) is 1.03. The van der Waals surface area contributed by atoms with E-state index in [1.165, 1.54) is 9.58 Å². The van der Waals surface area contributed by atoms with Crippen molar-refractivity contribution in [2.75, 3.05) is 4.90 Å². The van der Waals surface area contributed by atoms with Gasteiger partial charge in [0.05, 0.1) is 21.3 Å². The fraction of sp³-hybridized carbons (Fsp3) is 0.0800. The second kappa shape index (κ2) is 9.20. The molecule has 2 aromatic heterocycles. The van der Waals surface area contributed by atoms with Crippen LogP contribution in [0.25, 0.3) is 23.1 Å². The molecule has 176 valence electrons. The second-order valence-corrected chi connectivity index (χ2v) is 10.3. The maximum absolute atomic E-state index is 13.4. The number of thioether (sulfide) groups is 1. The first-order valence-corrected chi connectivity index (χ1v) is 12.4. The summed E-state index contributed by atoms with van der Waals surface area (Å²) in [6.07, 6.45) is 1.61. The summed E-state index contributed by atoms with van der Waals surface area (Å²) >= 11 is 19.0. The Morgan fingerprint density at radius 2 is 1.77 bits per heavy atom. The molecule has 6 nitrogen and oxygen atoms in total. The summed E-state index contributed by atoms with van der Waals surface area (Å²) in [6, 6.07) is 17.8. The Labute approximate surface area is 220 Å². The average Bonchev–Trinajstić information content (AvgIpc) is 3.47. The van der Waals surface area contributed by atoms with Gasteiger partial charge in [0.2, 0.25) is 0 Å². The molecule has 4 aromatic rings. The number of carbonyl (C=O) groups is 1. The van der Waals surface area contributed by atoms with E-state index in [1.807, 2.05) is 30.3 Å². The van der Waals surface area contributed by atoms with Crippen molar-refractivity contribution in [3.63, 3.8) is 0 Å². The zero-order valence-electron chi connectivity index (χ0n) is 18.5. The van der Waals surface area contributed by atoms with Crippen molar-refractivity contribution in [1.82, 2.24) is 9.36 Å². The lowest BCUT2D eigenvalue weighted by Crippen LogP contribution is -2.33. The predicted octanol–water partition coefficient (Wildman–Crippen LogP) is 6.46. The van der Waals surface area contributed by atoms with E-state index in [9.17, 15) is 9.59 Å². The van der Waals surface area contributed by atoms with Gasteiger partial charge in [-0.05, 0) is 49.4 Å². The van der Waals surface area contributed by atoms with Crippen LogP contribution in [0.5, 0.6) is 0 Å². The van der Waals surface area contributed by atoms with Gasteiger partial charge in [0.1, 0.15) is 17.2 Å². The monoisotopic (exact) mass is 541 g/mol. The number of hydrogen-bond donors (Lipinski definition) is 0. The third kappa shape index (κ3) is 4.16. The highest BCUT2D eigenvalue weighted by Gasteiger charge is 2.38. The van der Waals surface area contributed by atoms with Crippen molar-refractivity contribution in [1.29, 1.82) is 0 Å². The van der Waals surface area contributed by atoms with E-state index in [0.29, 0.717) is 43.4 Å². The summed E-state index contributed by atoms with van der Waals surface area (Å²) in [5.41, 5.74) is 1.86. The van der Waals surface area contributed by atoms with Crippen LogP contribution in [0.4, 0.5) is 5.69 Å². The van der Waals surface area contributed by atoms with Crippen LogP contribution >= 0.6 is 47.2 Å². The number of aromatic nitrogens is 2. The number of nitrogens with zero attached hydrogens (tertiary/aromatic N) is 3. The summed E-state index contributed by atoms with van der Waals surface area (Å²) in [5.74, 6) is 0.580. The van der Waals surface area contributed by atoms with Gasteiger partial charge in [0, 0.05) is 23.7 Å². The molecule has 0 saturated carbocycles. The lowest BCUT2D eigenvalue weighted by molar-refractivity contribution is -0.113. The van der Waals surface area contributed by atoms with Gasteiger partial charge in [-0.25, -0.2) is 4.68 Å². The number of rotatable bonds is 4. The summed E-state index contributed by atoms with van der Waals surface area (Å²) in [6.45, 7) is 1.78. The number of amides is 1. The number of para-hydroxylation sites is 1. The number of anilines is 1. The molecule has 5 rings (SSSR count). The van der Waals surface area contributed by atoms with E-state index in [0.717, 1.165) is 11.8 Å². The molecule has 1 saturated heterocycles. The zero-order valence-corrected chi connectivity index (χ0v) is 21.6. The number of thiocarbonyl (C=S) groups is 1. The lowest BCUT2D eigenvalue weighted by Gasteiger charge is -2.12. The standard InChI is InChI=1S/C25H17Cl2N3O3S2/c1-14-22(24(32)30(28(14)2)16-6-4-3-5-7-16)29-23(31)21(35-25(29)34)13-17-9-11-20(33-17)18-12-15(26)8-10-19(18)27/h3-13H,1-2H3. The minimum Gasteiger partial charge on any atom is -0.457 e. The second-order valence-electron chi connectivity index (χ2n) is 7.75. The fourth-order valence-electron chi connectivity index (χ4n) is 3.86. The smallest absolute Gasteiger partial charge is 0.296 e. The average molecular weight is 542 g/mol. The Morgan fingerprint density at radius 1 is 1.03 bits per heavy atom. The molecule has 0 atom stereocenters. The number of furan rings is 1. The zero-order chi connectivity index (χ0) is 24.9. The number of hydrogen-bond acceptors (Lipinski definition) is 5. The molecule has 0 N–H and O–H groups in total. The number of carbonyl (C=O) groups excluding carboxylic acids is 1. The molecule has 2 aromatic carbocycles. The molecule has 0 bridgehead atoms. The Kier molecular flexibility index (Phi) is 6.23. The molecule has 0 aliphatic carbocycles. The quantitative estimate of drug-likeness (QED) is 0.219. The minimum atomic E-state index is -0.384. The van der Waals surface area contributed by atoms with E-state index in [1.54, 1.807) is 55.1 Å². The molecule has 1 aliphatic rings. The molecule has 1 amide bonds. The Balaban J connectivity index is 1.50. The first-order valence-electron chi connectivity index (χ1n) is 10.4. The van der Waals surface area contributed by atoms with E-state index < -0.39 is 0 Å². The van der Waals surface area contributed by atoms with Crippen molar-refractivity contribution in [3.8, 4) is 17.0 Å². The third-order valence-electron chi connectivity index (χ3n) is 5.64. The molecule has 0 radical (unpaired) electrons. The summed E-state index contributed by atoms with van der Waals surface area (Å²) in [7, 11) is 1.77. The van der Waals surface area contributed by atoms with Crippen LogP contribution in [-0.4, -0.2) is 19.6 Å². The van der Waals surface area contributed by atoms with Gasteiger partial charge in [-0.15, -0.1) is 0 Å². The maximum atomic E-state index is 13.4. The van der Waals surface area contributed by atoms with Gasteiger partial charge in [0.25, 0.3) is 11.5 Å². The van der Waals surface area contributed by atoms with Gasteiger partial charge >= 0.3 is 0 Å². The van der Waals surface area contributed by atoms with Crippen molar-refractivity contribution >= 4 is 69.2 Å². The lowest BCUT2D eigenvalue weighted by atomic mass is 10.2. The molecule has 0 unspecified atom stereocenters. The van der Waals surface area contributed by atoms with Crippen LogP contribution in [0.3, 0.4) is 0 Å². The third-order valence-corrected chi connectivity index (χ3v) is 7.50. The highest BCUT2D eigenvalue weighted by atomic mass is 35.5. The van der Waals surface area contributed by atoms with Gasteiger partial charge in [-0.3, -0.25) is 19.2 Å². The Bertz CT molecular complexity index is 1590. The minimum absolute atomic E-state index is 0.230. The molecule has 0 spiro atoms. The topological polar surface area (TPSA) is 60.4 Å². The highest BCUT2D eigenvalue weighted by Crippen LogP contribution is 2.38. The van der Waals surface area contributed by atoms with E-state index >= 15 is 0 Å². The van der Waals surface area contributed by atoms with E-state index in [2.05, 4.69) is 0 Å². The molecular formula is C25H17Cl2N3O3S2. The van der Waals surface area contributed by atoms with Crippen LogP contribution in [-0.2, 0) is 11.8 Å². The van der Waals surface area contributed by atoms with Crippen molar-refractivity contribution in [2.24, 2.45) is 7.05 Å². The summed E-state index contributed by atoms with van der Waals surface area (Å²) in [4.78, 5) is 28.4. The molecule has 3 heterocycles. The predicted molar refractivity (Wildman–Crippen MR) is 146 cm³/mol. The van der Waals surface area contributed by atoms with Gasteiger partial charge in [-0.1, -0.05) is 65.4 Å². The Morgan fingerprint density at radius 3 is 2.51 bits per heavy atom. The van der Waals surface area contributed by atoms with Crippen molar-refractivity contribution in [3.05, 3.63) is 97.4 Å². The van der Waals surface area contributed by atoms with Gasteiger partial charge in [-0.2, -0.15) is 0 Å².